The second kappa shape index (κ2) is 5.37. The molecule has 0 spiro atoms. The molecule has 1 aliphatic carbocycles. The van der Waals surface area contributed by atoms with Crippen molar-refractivity contribution in [3.05, 3.63) is 30.1 Å². The van der Waals surface area contributed by atoms with Crippen LogP contribution in [0.15, 0.2) is 24.5 Å². The number of piperidine rings is 1. The molecule has 2 fully saturated rings. The molecule has 18 heavy (non-hydrogen) atoms. The molecule has 0 bridgehead atoms. The quantitative estimate of drug-likeness (QED) is 0.882. The fourth-order valence-corrected chi connectivity index (χ4v) is 2.93. The van der Waals surface area contributed by atoms with E-state index in [1.54, 1.807) is 0 Å². The van der Waals surface area contributed by atoms with E-state index in [1.165, 1.54) is 44.3 Å². The first-order valence-corrected chi connectivity index (χ1v) is 7.23. The van der Waals surface area contributed by atoms with Crippen LogP contribution in [-0.2, 0) is 0 Å². The number of nitrogens with one attached hydrogen (secondary N) is 1. The molecule has 2 heterocycles. The monoisotopic (exact) mass is 245 g/mol. The van der Waals surface area contributed by atoms with Gasteiger partial charge in [-0.1, -0.05) is 0 Å². The average Bonchev–Trinajstić information content (AvgIpc) is 3.23. The van der Waals surface area contributed by atoms with E-state index in [-0.39, 0.29) is 0 Å². The molecule has 1 aromatic heterocycles. The Hall–Kier alpha value is -0.930. The van der Waals surface area contributed by atoms with Crippen molar-refractivity contribution in [2.45, 2.75) is 50.7 Å². The van der Waals surface area contributed by atoms with E-state index >= 15 is 0 Å². The molecule has 1 saturated carbocycles. The van der Waals surface area contributed by atoms with Crippen LogP contribution in [0, 0.1) is 0 Å². The fourth-order valence-electron chi connectivity index (χ4n) is 2.93. The predicted molar refractivity (Wildman–Crippen MR) is 73.4 cm³/mol. The van der Waals surface area contributed by atoms with Gasteiger partial charge in [0.05, 0.1) is 0 Å². The summed E-state index contributed by atoms with van der Waals surface area (Å²) in [6, 6.07) is 6.32. The van der Waals surface area contributed by atoms with Gasteiger partial charge in [0.1, 0.15) is 0 Å². The third-order valence-corrected chi connectivity index (χ3v) is 4.24. The molecule has 1 saturated heterocycles. The minimum atomic E-state index is 0.511. The Bertz CT molecular complexity index is 375. The van der Waals surface area contributed by atoms with Gasteiger partial charge in [-0.25, -0.2) is 0 Å². The minimum Gasteiger partial charge on any atom is -0.310 e. The van der Waals surface area contributed by atoms with Crippen LogP contribution in [0.5, 0.6) is 0 Å². The first-order valence-electron chi connectivity index (χ1n) is 7.23. The maximum Gasteiger partial charge on any atom is 0.0321 e. The van der Waals surface area contributed by atoms with Crippen LogP contribution < -0.4 is 5.32 Å². The molecule has 2 aliphatic rings. The van der Waals surface area contributed by atoms with E-state index in [0.29, 0.717) is 12.1 Å². The topological polar surface area (TPSA) is 28.2 Å². The number of hydrogen-bond donors (Lipinski definition) is 1. The van der Waals surface area contributed by atoms with E-state index < -0.39 is 0 Å². The maximum absolute atomic E-state index is 4.10. The zero-order chi connectivity index (χ0) is 12.4. The van der Waals surface area contributed by atoms with Gasteiger partial charge in [0.15, 0.2) is 0 Å². The van der Waals surface area contributed by atoms with Gasteiger partial charge in [-0.3, -0.25) is 9.88 Å². The summed E-state index contributed by atoms with van der Waals surface area (Å²) < 4.78 is 0. The van der Waals surface area contributed by atoms with Crippen LogP contribution in [0.1, 0.15) is 44.2 Å². The lowest BCUT2D eigenvalue weighted by atomic mass is 10.0. The number of rotatable bonds is 4. The Morgan fingerprint density at radius 3 is 2.72 bits per heavy atom. The van der Waals surface area contributed by atoms with E-state index in [9.17, 15) is 0 Å². The van der Waals surface area contributed by atoms with E-state index in [2.05, 4.69) is 34.3 Å². The molecule has 3 heteroatoms. The molecule has 3 nitrogen and oxygen atoms in total. The van der Waals surface area contributed by atoms with Crippen molar-refractivity contribution in [3.63, 3.8) is 0 Å². The van der Waals surface area contributed by atoms with Gasteiger partial charge in [0, 0.05) is 37.1 Å². The summed E-state index contributed by atoms with van der Waals surface area (Å²) in [7, 11) is 0. The zero-order valence-electron chi connectivity index (χ0n) is 11.2. The summed E-state index contributed by atoms with van der Waals surface area (Å²) >= 11 is 0. The summed E-state index contributed by atoms with van der Waals surface area (Å²) in [6.45, 7) is 4.74. The van der Waals surface area contributed by atoms with Crippen molar-refractivity contribution in [3.8, 4) is 0 Å². The van der Waals surface area contributed by atoms with Crippen molar-refractivity contribution in [1.82, 2.24) is 15.2 Å². The number of hydrogen-bond acceptors (Lipinski definition) is 3. The van der Waals surface area contributed by atoms with Gasteiger partial charge in [0.2, 0.25) is 0 Å². The van der Waals surface area contributed by atoms with Crippen LogP contribution in [-0.4, -0.2) is 35.1 Å². The van der Waals surface area contributed by atoms with E-state index in [4.69, 9.17) is 0 Å². The van der Waals surface area contributed by atoms with Crippen LogP contribution >= 0.6 is 0 Å². The molecule has 3 rings (SSSR count). The van der Waals surface area contributed by atoms with E-state index in [1.807, 2.05) is 12.4 Å². The lowest BCUT2D eigenvalue weighted by molar-refractivity contribution is 0.145. The van der Waals surface area contributed by atoms with Crippen LogP contribution in [0.4, 0.5) is 0 Å². The largest absolute Gasteiger partial charge is 0.310 e. The first-order chi connectivity index (χ1) is 8.83. The molecule has 2 atom stereocenters. The standard InChI is InChI=1S/C15H23N3/c1-12(13-6-8-16-9-7-13)18-10-2-3-15(11-18)17-14-4-5-14/h6-9,12,14-15,17H,2-5,10-11H2,1H3. The van der Waals surface area contributed by atoms with Gasteiger partial charge in [0.25, 0.3) is 0 Å². The molecule has 0 radical (unpaired) electrons. The number of likely N-dealkylation sites (tertiary alicyclic amines) is 1. The summed E-state index contributed by atoms with van der Waals surface area (Å²) in [6.07, 6.45) is 9.23. The lowest BCUT2D eigenvalue weighted by Gasteiger charge is -2.37. The van der Waals surface area contributed by atoms with Crippen LogP contribution in [0.2, 0.25) is 0 Å². The Morgan fingerprint density at radius 2 is 2.00 bits per heavy atom. The van der Waals surface area contributed by atoms with Crippen molar-refractivity contribution in [2.24, 2.45) is 0 Å². The molecule has 1 N–H and O–H groups in total. The van der Waals surface area contributed by atoms with Crippen molar-refractivity contribution >= 4 is 0 Å². The highest BCUT2D eigenvalue weighted by Crippen LogP contribution is 2.26. The molecular weight excluding hydrogens is 222 g/mol. The van der Waals surface area contributed by atoms with E-state index in [0.717, 1.165) is 6.04 Å². The second-order valence-electron chi connectivity index (χ2n) is 5.73. The summed E-state index contributed by atoms with van der Waals surface area (Å²) in [5.74, 6) is 0. The predicted octanol–water partition coefficient (Wildman–Crippen LogP) is 2.36. The molecule has 1 aliphatic heterocycles. The third-order valence-electron chi connectivity index (χ3n) is 4.24. The summed E-state index contributed by atoms with van der Waals surface area (Å²) in [5, 5.41) is 3.78. The number of aromatic nitrogens is 1. The lowest BCUT2D eigenvalue weighted by Crippen LogP contribution is -2.47. The summed E-state index contributed by atoms with van der Waals surface area (Å²) in [5.41, 5.74) is 1.39. The Kier molecular flexibility index (Phi) is 3.62. The van der Waals surface area contributed by atoms with Crippen molar-refractivity contribution in [1.29, 1.82) is 0 Å². The van der Waals surface area contributed by atoms with Gasteiger partial charge < -0.3 is 5.32 Å². The Morgan fingerprint density at radius 1 is 1.22 bits per heavy atom. The van der Waals surface area contributed by atoms with Crippen molar-refractivity contribution < 1.29 is 0 Å². The molecular formula is C15H23N3. The van der Waals surface area contributed by atoms with Gasteiger partial charge >= 0.3 is 0 Å². The molecule has 0 aromatic carbocycles. The smallest absolute Gasteiger partial charge is 0.0321 e. The highest BCUT2D eigenvalue weighted by atomic mass is 15.2. The normalized spacial score (nSPS) is 27.1. The third kappa shape index (κ3) is 2.90. The zero-order valence-corrected chi connectivity index (χ0v) is 11.2. The highest BCUT2D eigenvalue weighted by Gasteiger charge is 2.29. The highest BCUT2D eigenvalue weighted by molar-refractivity contribution is 5.14. The minimum absolute atomic E-state index is 0.511. The number of pyridine rings is 1. The molecule has 0 amide bonds. The second-order valence-corrected chi connectivity index (χ2v) is 5.73. The maximum atomic E-state index is 4.10. The Labute approximate surface area is 110 Å². The van der Waals surface area contributed by atoms with Gasteiger partial charge in [-0.05, 0) is 56.8 Å². The number of nitrogens with zero attached hydrogens (tertiary/aromatic N) is 2. The molecule has 1 aromatic rings. The summed E-state index contributed by atoms with van der Waals surface area (Å²) in [4.78, 5) is 6.71. The fraction of sp³-hybridized carbons (Fsp3) is 0.667. The molecule has 98 valence electrons. The average molecular weight is 245 g/mol. The van der Waals surface area contributed by atoms with Crippen LogP contribution in [0.3, 0.4) is 0 Å². The molecule has 2 unspecified atom stereocenters. The van der Waals surface area contributed by atoms with Crippen LogP contribution in [0.25, 0.3) is 0 Å². The SMILES string of the molecule is CC(c1ccncc1)N1CCCC(NC2CC2)C1. The van der Waals surface area contributed by atoms with Gasteiger partial charge in [-0.15, -0.1) is 0 Å². The van der Waals surface area contributed by atoms with Gasteiger partial charge in [-0.2, -0.15) is 0 Å². The van der Waals surface area contributed by atoms with Crippen molar-refractivity contribution in [2.75, 3.05) is 13.1 Å². The Balaban J connectivity index is 1.60. The first kappa shape index (κ1) is 12.1.